The van der Waals surface area contributed by atoms with E-state index in [4.69, 9.17) is 4.74 Å². The van der Waals surface area contributed by atoms with Crippen molar-refractivity contribution in [3.8, 4) is 11.5 Å². The van der Waals surface area contributed by atoms with E-state index in [1.54, 1.807) is 17.9 Å². The minimum absolute atomic E-state index is 0.0326. The first-order chi connectivity index (χ1) is 19.7. The Morgan fingerprint density at radius 2 is 1.80 bits per heavy atom. The summed E-state index contributed by atoms with van der Waals surface area (Å²) in [6.07, 6.45) is 9.89. The minimum atomic E-state index is -3.03. The van der Waals surface area contributed by atoms with Crippen LogP contribution in [0.15, 0.2) is 42.0 Å². The Labute approximate surface area is 240 Å². The number of methoxy groups -OCH3 is 1. The smallest absolute Gasteiger partial charge is 0.387 e. The molecule has 0 spiro atoms. The van der Waals surface area contributed by atoms with Crippen LogP contribution in [0.25, 0.3) is 6.08 Å². The van der Waals surface area contributed by atoms with Crippen LogP contribution in [-0.2, 0) is 0 Å². The van der Waals surface area contributed by atoms with E-state index in [2.05, 4.69) is 16.6 Å². The molecule has 224 valence electrons. The number of amides is 1. The highest BCUT2D eigenvalue weighted by molar-refractivity contribution is 5.95. The summed E-state index contributed by atoms with van der Waals surface area (Å²) >= 11 is 0. The molecule has 9 heteroatoms. The first-order valence-electron chi connectivity index (χ1n) is 14.5. The third-order valence-corrected chi connectivity index (χ3v) is 8.43. The lowest BCUT2D eigenvalue weighted by atomic mass is 9.83. The van der Waals surface area contributed by atoms with Gasteiger partial charge in [0.2, 0.25) is 0 Å². The van der Waals surface area contributed by atoms with Crippen molar-refractivity contribution in [1.82, 2.24) is 9.80 Å². The van der Waals surface area contributed by atoms with E-state index in [1.165, 1.54) is 69.5 Å². The monoisotopic (exact) mass is 576 g/mol. The van der Waals surface area contributed by atoms with E-state index < -0.39 is 18.2 Å². The van der Waals surface area contributed by atoms with E-state index in [0.717, 1.165) is 31.0 Å². The van der Waals surface area contributed by atoms with Crippen molar-refractivity contribution in [2.75, 3.05) is 26.7 Å². The summed E-state index contributed by atoms with van der Waals surface area (Å²) in [6, 6.07) is 8.14. The second kappa shape index (κ2) is 14.2. The Morgan fingerprint density at radius 1 is 1.05 bits per heavy atom. The molecule has 2 atom stereocenters. The van der Waals surface area contributed by atoms with Crippen molar-refractivity contribution in [1.29, 1.82) is 0 Å². The third-order valence-electron chi connectivity index (χ3n) is 8.43. The van der Waals surface area contributed by atoms with Crippen molar-refractivity contribution in [2.24, 2.45) is 5.92 Å². The van der Waals surface area contributed by atoms with Crippen LogP contribution >= 0.6 is 0 Å². The molecule has 1 unspecified atom stereocenters. The van der Waals surface area contributed by atoms with Crippen LogP contribution in [0, 0.1) is 17.6 Å². The predicted octanol–water partition coefficient (Wildman–Crippen LogP) is 7.55. The molecule has 0 bridgehead atoms. The van der Waals surface area contributed by atoms with Crippen molar-refractivity contribution in [3.63, 3.8) is 0 Å². The number of halogens is 4. The summed E-state index contributed by atoms with van der Waals surface area (Å²) in [4.78, 5) is 18.2. The number of hydrogen-bond donors (Lipinski definition) is 0. The molecule has 1 aliphatic heterocycles. The zero-order valence-corrected chi connectivity index (χ0v) is 24.1. The van der Waals surface area contributed by atoms with E-state index in [-0.39, 0.29) is 41.1 Å². The van der Waals surface area contributed by atoms with Gasteiger partial charge in [-0.2, -0.15) is 8.78 Å². The first kappa shape index (κ1) is 30.9. The lowest BCUT2D eigenvalue weighted by Gasteiger charge is -2.39. The fraction of sp³-hybridized carbons (Fsp3) is 0.531. The maximum atomic E-state index is 14.4. The molecule has 0 N–H and O–H groups in total. The van der Waals surface area contributed by atoms with Gasteiger partial charge in [0.1, 0.15) is 11.6 Å². The molecule has 4 rings (SSSR count). The molecule has 1 saturated carbocycles. The molecule has 41 heavy (non-hydrogen) atoms. The first-order valence-corrected chi connectivity index (χ1v) is 14.5. The summed E-state index contributed by atoms with van der Waals surface area (Å²) in [6.45, 7) is 2.74. The van der Waals surface area contributed by atoms with Crippen molar-refractivity contribution >= 4 is 12.0 Å². The molecule has 1 heterocycles. The summed E-state index contributed by atoms with van der Waals surface area (Å²) in [5.41, 5.74) is 1.23. The van der Waals surface area contributed by atoms with Gasteiger partial charge in [0.25, 0.3) is 5.91 Å². The van der Waals surface area contributed by atoms with Crippen LogP contribution in [0.4, 0.5) is 17.6 Å². The number of carbonyl (C=O) groups excluding carboxylic acids is 1. The quantitative estimate of drug-likeness (QED) is 0.259. The lowest BCUT2D eigenvalue weighted by molar-refractivity contribution is -0.0512. The summed E-state index contributed by atoms with van der Waals surface area (Å²) < 4.78 is 63.3. The molecule has 0 radical (unpaired) electrons. The molecule has 5 nitrogen and oxygen atoms in total. The maximum absolute atomic E-state index is 14.4. The number of benzene rings is 2. The highest BCUT2D eigenvalue weighted by atomic mass is 19.3. The zero-order valence-electron chi connectivity index (χ0n) is 24.1. The molecule has 1 aliphatic carbocycles. The number of carbonyl (C=O) groups is 1. The zero-order chi connectivity index (χ0) is 29.5. The topological polar surface area (TPSA) is 42.0 Å². The van der Waals surface area contributed by atoms with Gasteiger partial charge >= 0.3 is 6.61 Å². The van der Waals surface area contributed by atoms with Crippen molar-refractivity contribution in [2.45, 2.75) is 77.5 Å². The molecular formula is C32H40F4N2O3. The number of hydrogen-bond acceptors (Lipinski definition) is 4. The fourth-order valence-electron chi connectivity index (χ4n) is 6.36. The second-order valence-electron chi connectivity index (χ2n) is 11.3. The van der Waals surface area contributed by atoms with Crippen LogP contribution < -0.4 is 9.47 Å². The van der Waals surface area contributed by atoms with E-state index >= 15 is 0 Å². The minimum Gasteiger partial charge on any atom is -0.493 e. The Kier molecular flexibility index (Phi) is 10.7. The molecule has 1 saturated heterocycles. The number of alkyl halides is 2. The molecule has 2 fully saturated rings. The molecular weight excluding hydrogens is 536 g/mol. The predicted molar refractivity (Wildman–Crippen MR) is 151 cm³/mol. The number of likely N-dealkylation sites (tertiary alicyclic amines) is 1. The van der Waals surface area contributed by atoms with Crippen LogP contribution in [-0.4, -0.2) is 61.1 Å². The van der Waals surface area contributed by atoms with Gasteiger partial charge in [-0.05, 0) is 82.3 Å². The molecule has 2 aliphatic rings. The highest BCUT2D eigenvalue weighted by Gasteiger charge is 2.35. The van der Waals surface area contributed by atoms with Gasteiger partial charge in [0.05, 0.1) is 7.11 Å². The maximum Gasteiger partial charge on any atom is 0.387 e. The Hall–Kier alpha value is -3.07. The highest BCUT2D eigenvalue weighted by Crippen LogP contribution is 2.34. The van der Waals surface area contributed by atoms with Gasteiger partial charge in [-0.25, -0.2) is 8.78 Å². The van der Waals surface area contributed by atoms with Crippen molar-refractivity contribution in [3.05, 3.63) is 64.7 Å². The number of ether oxygens (including phenoxy) is 2. The molecule has 1 amide bonds. The molecule has 0 aromatic heterocycles. The third kappa shape index (κ3) is 8.03. The van der Waals surface area contributed by atoms with Crippen molar-refractivity contribution < 1.29 is 31.8 Å². The number of rotatable bonds is 11. The SMILES string of the molecule is COc1cc(C(=O)N(CC(C)=Cc2ccc(F)cc2F)C[C@@H]2CCCN2C(C)C2CCCCC2)ccc1OC(F)F. The normalized spacial score (nSPS) is 19.4. The number of nitrogens with zero attached hydrogens (tertiary/aromatic N) is 2. The van der Waals surface area contributed by atoms with Gasteiger partial charge < -0.3 is 14.4 Å². The molecule has 2 aromatic carbocycles. The summed E-state index contributed by atoms with van der Waals surface area (Å²) in [7, 11) is 1.33. The Morgan fingerprint density at radius 3 is 2.49 bits per heavy atom. The standard InChI is InChI=1S/C32H40F4N2O3/c1-21(16-24-11-13-26(33)18-28(24)34)19-37(31(39)25-12-14-29(41-32(35)36)30(17-25)40-3)20-27-10-7-15-38(27)22(2)23-8-5-4-6-9-23/h11-14,16-18,22-23,27,32H,4-10,15,19-20H2,1-3H3/t22?,27-/m0/s1. The van der Waals surface area contributed by atoms with Crippen LogP contribution in [0.2, 0.25) is 0 Å². The summed E-state index contributed by atoms with van der Waals surface area (Å²) in [5, 5.41) is 0. The Balaban J connectivity index is 1.60. The van der Waals surface area contributed by atoms with E-state index in [1.807, 2.05) is 0 Å². The Bertz CT molecular complexity index is 1220. The fourth-order valence-corrected chi connectivity index (χ4v) is 6.36. The summed E-state index contributed by atoms with van der Waals surface area (Å²) in [5.74, 6) is -1.11. The van der Waals surface area contributed by atoms with E-state index in [0.29, 0.717) is 18.5 Å². The molecule has 2 aromatic rings. The average Bonchev–Trinajstić information content (AvgIpc) is 3.42. The lowest BCUT2D eigenvalue weighted by Crippen LogP contribution is -2.48. The average molecular weight is 577 g/mol. The second-order valence-corrected chi connectivity index (χ2v) is 11.3. The van der Waals surface area contributed by atoms with E-state index in [9.17, 15) is 22.4 Å². The van der Waals surface area contributed by atoms with Gasteiger partial charge in [-0.15, -0.1) is 0 Å². The van der Waals surface area contributed by atoms with Gasteiger partial charge in [-0.1, -0.05) is 30.9 Å². The van der Waals surface area contributed by atoms with Crippen LogP contribution in [0.5, 0.6) is 11.5 Å². The van der Waals surface area contributed by atoms with Gasteiger partial charge in [-0.3, -0.25) is 9.69 Å². The van der Waals surface area contributed by atoms with Gasteiger partial charge in [0.15, 0.2) is 11.5 Å². The van der Waals surface area contributed by atoms with Gasteiger partial charge in [0, 0.05) is 42.4 Å². The van der Waals surface area contributed by atoms with Crippen LogP contribution in [0.1, 0.15) is 74.7 Å². The largest absolute Gasteiger partial charge is 0.493 e. The van der Waals surface area contributed by atoms with Crippen LogP contribution in [0.3, 0.4) is 0 Å².